The molecular weight excluding hydrogens is 146 g/mol. The van der Waals surface area contributed by atoms with Gasteiger partial charge in [-0.25, -0.2) is 0 Å². The van der Waals surface area contributed by atoms with Crippen LogP contribution in [0.5, 0.6) is 0 Å². The lowest BCUT2D eigenvalue weighted by atomic mass is 9.93. The van der Waals surface area contributed by atoms with Gasteiger partial charge < -0.3 is 5.32 Å². The minimum Gasteiger partial charge on any atom is -0.389 e. The van der Waals surface area contributed by atoms with Gasteiger partial charge in [0.2, 0.25) is 0 Å². The van der Waals surface area contributed by atoms with E-state index in [1.165, 1.54) is 44.2 Å². The van der Waals surface area contributed by atoms with Gasteiger partial charge in [0.1, 0.15) is 0 Å². The van der Waals surface area contributed by atoms with Crippen molar-refractivity contribution in [3.8, 4) is 0 Å². The fourth-order valence-corrected chi connectivity index (χ4v) is 1.79. The van der Waals surface area contributed by atoms with Crippen LogP contribution in [0.15, 0.2) is 11.3 Å². The second-order valence-corrected chi connectivity index (χ2v) is 3.72. The Morgan fingerprint density at radius 2 is 1.92 bits per heavy atom. The first kappa shape index (κ1) is 9.63. The molecule has 1 N–H and O–H groups in total. The van der Waals surface area contributed by atoms with Gasteiger partial charge in [0.25, 0.3) is 0 Å². The topological polar surface area (TPSA) is 12.0 Å². The molecule has 0 bridgehead atoms. The van der Waals surface area contributed by atoms with Crippen LogP contribution in [0.25, 0.3) is 0 Å². The smallest absolute Gasteiger partial charge is 0.0141 e. The van der Waals surface area contributed by atoms with Crippen molar-refractivity contribution in [1.29, 1.82) is 0 Å². The fourth-order valence-electron chi connectivity index (χ4n) is 1.79. The highest BCUT2D eigenvalue weighted by molar-refractivity contribution is 5.11. The molecule has 1 aliphatic rings. The number of rotatable bonds is 3. The molecule has 1 aliphatic carbocycles. The molecule has 1 rings (SSSR count). The summed E-state index contributed by atoms with van der Waals surface area (Å²) in [6.45, 7) is 5.58. The van der Waals surface area contributed by atoms with Gasteiger partial charge in [-0.2, -0.15) is 0 Å². The Kier molecular flexibility index (Phi) is 4.20. The first-order valence-electron chi connectivity index (χ1n) is 5.27. The molecule has 1 nitrogen and oxygen atoms in total. The minimum absolute atomic E-state index is 1.13. The van der Waals surface area contributed by atoms with Crippen molar-refractivity contribution < 1.29 is 0 Å². The lowest BCUT2D eigenvalue weighted by Gasteiger charge is -2.17. The van der Waals surface area contributed by atoms with Gasteiger partial charge in [-0.05, 0) is 39.0 Å². The zero-order chi connectivity index (χ0) is 8.81. The fraction of sp³-hybridized carbons (Fsp3) is 0.818. The number of allylic oxidation sites excluding steroid dienone is 2. The van der Waals surface area contributed by atoms with E-state index in [-0.39, 0.29) is 0 Å². The lowest BCUT2D eigenvalue weighted by molar-refractivity contribution is 0.583. The Bertz CT molecular complexity index is 150. The second kappa shape index (κ2) is 5.23. The molecule has 12 heavy (non-hydrogen) atoms. The van der Waals surface area contributed by atoms with Crippen molar-refractivity contribution in [3.63, 3.8) is 0 Å². The zero-order valence-corrected chi connectivity index (χ0v) is 8.45. The normalized spacial score (nSPS) is 17.7. The van der Waals surface area contributed by atoms with Crippen molar-refractivity contribution in [2.45, 2.75) is 52.4 Å². The summed E-state index contributed by atoms with van der Waals surface area (Å²) in [4.78, 5) is 0. The largest absolute Gasteiger partial charge is 0.389 e. The average molecular weight is 167 g/mol. The zero-order valence-electron chi connectivity index (χ0n) is 8.45. The minimum atomic E-state index is 1.13. The van der Waals surface area contributed by atoms with Gasteiger partial charge in [-0.15, -0.1) is 0 Å². The van der Waals surface area contributed by atoms with Crippen LogP contribution in [0, 0.1) is 0 Å². The van der Waals surface area contributed by atoms with Crippen LogP contribution in [0.2, 0.25) is 0 Å². The van der Waals surface area contributed by atoms with E-state index in [0.717, 1.165) is 6.54 Å². The lowest BCUT2D eigenvalue weighted by Crippen LogP contribution is -2.14. The second-order valence-electron chi connectivity index (χ2n) is 3.72. The molecule has 0 spiro atoms. The van der Waals surface area contributed by atoms with Crippen molar-refractivity contribution in [1.82, 2.24) is 5.32 Å². The van der Waals surface area contributed by atoms with E-state index < -0.39 is 0 Å². The van der Waals surface area contributed by atoms with Crippen LogP contribution in [-0.4, -0.2) is 6.54 Å². The number of hydrogen-bond donors (Lipinski definition) is 1. The Hall–Kier alpha value is -0.460. The van der Waals surface area contributed by atoms with Crippen LogP contribution in [-0.2, 0) is 0 Å². The van der Waals surface area contributed by atoms with Crippen LogP contribution >= 0.6 is 0 Å². The molecule has 0 radical (unpaired) electrons. The van der Waals surface area contributed by atoms with E-state index in [4.69, 9.17) is 0 Å². The molecule has 0 atom stereocenters. The van der Waals surface area contributed by atoms with Gasteiger partial charge in [0, 0.05) is 12.2 Å². The maximum absolute atomic E-state index is 3.48. The Morgan fingerprint density at radius 1 is 1.25 bits per heavy atom. The van der Waals surface area contributed by atoms with Gasteiger partial charge >= 0.3 is 0 Å². The molecule has 1 saturated carbocycles. The molecule has 0 unspecified atom stereocenters. The molecule has 70 valence electrons. The number of nitrogens with one attached hydrogen (secondary N) is 1. The van der Waals surface area contributed by atoms with Crippen molar-refractivity contribution in [2.24, 2.45) is 0 Å². The Morgan fingerprint density at radius 3 is 2.50 bits per heavy atom. The van der Waals surface area contributed by atoms with E-state index in [2.05, 4.69) is 19.2 Å². The summed E-state index contributed by atoms with van der Waals surface area (Å²) >= 11 is 0. The molecule has 0 heterocycles. The van der Waals surface area contributed by atoms with Gasteiger partial charge in [0.15, 0.2) is 0 Å². The van der Waals surface area contributed by atoms with Crippen molar-refractivity contribution in [2.75, 3.05) is 6.54 Å². The van der Waals surface area contributed by atoms with E-state index in [1.807, 2.05) is 0 Å². The predicted molar refractivity (Wildman–Crippen MR) is 54.1 cm³/mol. The highest BCUT2D eigenvalue weighted by Crippen LogP contribution is 2.24. The summed E-state index contributed by atoms with van der Waals surface area (Å²) in [5.41, 5.74) is 3.13. The van der Waals surface area contributed by atoms with E-state index in [1.54, 1.807) is 5.57 Å². The van der Waals surface area contributed by atoms with Crippen molar-refractivity contribution >= 4 is 0 Å². The van der Waals surface area contributed by atoms with E-state index >= 15 is 0 Å². The first-order chi connectivity index (χ1) is 5.84. The SMILES string of the molecule is CCCNC(C)=C1CCCCC1. The van der Waals surface area contributed by atoms with Gasteiger partial charge in [-0.1, -0.05) is 18.9 Å². The Labute approximate surface area is 76.2 Å². The average Bonchev–Trinajstić information content (AvgIpc) is 2.15. The summed E-state index contributed by atoms with van der Waals surface area (Å²) in [7, 11) is 0. The molecular formula is C11H21N. The quantitative estimate of drug-likeness (QED) is 0.680. The molecule has 0 aliphatic heterocycles. The molecule has 0 saturated heterocycles. The summed E-state index contributed by atoms with van der Waals surface area (Å²) in [6.07, 6.45) is 8.14. The molecule has 0 aromatic heterocycles. The van der Waals surface area contributed by atoms with Crippen molar-refractivity contribution in [3.05, 3.63) is 11.3 Å². The molecule has 0 aromatic carbocycles. The number of hydrogen-bond acceptors (Lipinski definition) is 1. The summed E-state index contributed by atoms with van der Waals surface area (Å²) in [6, 6.07) is 0. The van der Waals surface area contributed by atoms with E-state index in [9.17, 15) is 0 Å². The molecule has 0 aromatic rings. The highest BCUT2D eigenvalue weighted by atomic mass is 14.9. The molecule has 0 amide bonds. The first-order valence-corrected chi connectivity index (χ1v) is 5.27. The molecule has 1 fully saturated rings. The standard InChI is InChI=1S/C11H21N/c1-3-9-12-10(2)11-7-5-4-6-8-11/h12H,3-9H2,1-2H3. The molecule has 1 heteroatoms. The Balaban J connectivity index is 2.37. The summed E-state index contributed by atoms with van der Waals surface area (Å²) in [5, 5.41) is 3.48. The predicted octanol–water partition coefficient (Wildman–Crippen LogP) is 3.22. The monoisotopic (exact) mass is 167 g/mol. The van der Waals surface area contributed by atoms with Crippen LogP contribution < -0.4 is 5.32 Å². The summed E-state index contributed by atoms with van der Waals surface area (Å²) < 4.78 is 0. The van der Waals surface area contributed by atoms with Crippen LogP contribution in [0.1, 0.15) is 52.4 Å². The third-order valence-electron chi connectivity index (χ3n) is 2.63. The van der Waals surface area contributed by atoms with Gasteiger partial charge in [0.05, 0.1) is 0 Å². The maximum atomic E-state index is 3.48. The van der Waals surface area contributed by atoms with Crippen LogP contribution in [0.4, 0.5) is 0 Å². The third kappa shape index (κ3) is 2.88. The maximum Gasteiger partial charge on any atom is 0.0141 e. The van der Waals surface area contributed by atoms with Gasteiger partial charge in [-0.3, -0.25) is 0 Å². The third-order valence-corrected chi connectivity index (χ3v) is 2.63. The van der Waals surface area contributed by atoms with E-state index in [0.29, 0.717) is 0 Å². The summed E-state index contributed by atoms with van der Waals surface area (Å²) in [5.74, 6) is 0. The highest BCUT2D eigenvalue weighted by Gasteiger charge is 2.07. The van der Waals surface area contributed by atoms with Crippen LogP contribution in [0.3, 0.4) is 0 Å².